The molecular formula is C15H21ClN2O3. The highest BCUT2D eigenvalue weighted by molar-refractivity contribution is 6.34. The molecular weight excluding hydrogens is 292 g/mol. The number of amides is 1. The molecule has 0 aliphatic heterocycles. The maximum absolute atomic E-state index is 12.5. The molecule has 5 nitrogen and oxygen atoms in total. The Morgan fingerprint density at radius 3 is 2.52 bits per heavy atom. The molecule has 2 atom stereocenters. The predicted octanol–water partition coefficient (Wildman–Crippen LogP) is 2.81. The third-order valence-corrected chi connectivity index (χ3v) is 4.58. The van der Waals surface area contributed by atoms with E-state index in [-0.39, 0.29) is 11.9 Å². The molecule has 2 unspecified atom stereocenters. The van der Waals surface area contributed by atoms with Crippen LogP contribution in [0.4, 0.5) is 5.69 Å². The summed E-state index contributed by atoms with van der Waals surface area (Å²) in [5.41, 5.74) is 6.01. The van der Waals surface area contributed by atoms with Crippen LogP contribution in [0.2, 0.25) is 5.02 Å². The number of ether oxygens (including phenoxy) is 2. The molecule has 21 heavy (non-hydrogen) atoms. The van der Waals surface area contributed by atoms with Crippen LogP contribution in [-0.4, -0.2) is 26.2 Å². The number of rotatable bonds is 4. The van der Waals surface area contributed by atoms with Gasteiger partial charge >= 0.3 is 0 Å². The zero-order valence-corrected chi connectivity index (χ0v) is 13.3. The Morgan fingerprint density at radius 1 is 1.38 bits per heavy atom. The molecule has 0 saturated heterocycles. The molecule has 1 saturated carbocycles. The van der Waals surface area contributed by atoms with Crippen molar-refractivity contribution in [3.63, 3.8) is 0 Å². The number of hydrogen-bond donors (Lipinski definition) is 2. The van der Waals surface area contributed by atoms with Gasteiger partial charge in [0.2, 0.25) is 5.91 Å². The van der Waals surface area contributed by atoms with Crippen molar-refractivity contribution in [1.29, 1.82) is 0 Å². The van der Waals surface area contributed by atoms with E-state index in [9.17, 15) is 4.79 Å². The smallest absolute Gasteiger partial charge is 0.231 e. The van der Waals surface area contributed by atoms with Crippen molar-refractivity contribution in [3.05, 3.63) is 17.2 Å². The number of carbonyl (C=O) groups excluding carboxylic acids is 1. The summed E-state index contributed by atoms with van der Waals surface area (Å²) in [7, 11) is 3.07. The highest BCUT2D eigenvalue weighted by Crippen LogP contribution is 2.40. The fourth-order valence-corrected chi connectivity index (χ4v) is 2.89. The Balaban J connectivity index is 2.25. The number of carbonyl (C=O) groups is 1. The molecule has 3 N–H and O–H groups in total. The molecule has 0 heterocycles. The van der Waals surface area contributed by atoms with Gasteiger partial charge in [0.25, 0.3) is 0 Å². The van der Waals surface area contributed by atoms with E-state index in [0.717, 1.165) is 19.3 Å². The van der Waals surface area contributed by atoms with Gasteiger partial charge in [-0.2, -0.15) is 0 Å². The highest BCUT2D eigenvalue weighted by atomic mass is 35.5. The first kappa shape index (κ1) is 15.9. The molecule has 6 heteroatoms. The summed E-state index contributed by atoms with van der Waals surface area (Å²) in [5, 5.41) is 3.26. The number of anilines is 1. The minimum atomic E-state index is -0.559. The SMILES string of the molecule is COc1cc(Cl)c(NC(=O)C2(C)CCCC2N)cc1OC. The molecule has 1 aromatic carbocycles. The third-order valence-electron chi connectivity index (χ3n) is 4.27. The van der Waals surface area contributed by atoms with Crippen molar-refractivity contribution in [2.24, 2.45) is 11.1 Å². The molecule has 0 bridgehead atoms. The molecule has 2 rings (SSSR count). The van der Waals surface area contributed by atoms with Gasteiger partial charge in [-0.3, -0.25) is 4.79 Å². The Morgan fingerprint density at radius 2 is 2.00 bits per heavy atom. The van der Waals surface area contributed by atoms with Crippen molar-refractivity contribution in [2.75, 3.05) is 19.5 Å². The molecule has 1 aliphatic rings. The number of halogens is 1. The van der Waals surface area contributed by atoms with Crippen LogP contribution in [0.3, 0.4) is 0 Å². The monoisotopic (exact) mass is 312 g/mol. The van der Waals surface area contributed by atoms with E-state index >= 15 is 0 Å². The lowest BCUT2D eigenvalue weighted by molar-refractivity contribution is -0.125. The van der Waals surface area contributed by atoms with Gasteiger partial charge in [-0.05, 0) is 19.8 Å². The van der Waals surface area contributed by atoms with Crippen molar-refractivity contribution in [2.45, 2.75) is 32.2 Å². The van der Waals surface area contributed by atoms with Crippen LogP contribution in [0.5, 0.6) is 11.5 Å². The fourth-order valence-electron chi connectivity index (χ4n) is 2.69. The van der Waals surface area contributed by atoms with E-state index in [0.29, 0.717) is 22.2 Å². The summed E-state index contributed by atoms with van der Waals surface area (Å²) in [6, 6.07) is 3.15. The predicted molar refractivity (Wildman–Crippen MR) is 83.1 cm³/mol. The molecule has 1 aromatic rings. The van der Waals surface area contributed by atoms with Crippen LogP contribution in [0.25, 0.3) is 0 Å². The van der Waals surface area contributed by atoms with Crippen LogP contribution >= 0.6 is 11.6 Å². The average molecular weight is 313 g/mol. The second-order valence-electron chi connectivity index (χ2n) is 5.56. The average Bonchev–Trinajstić information content (AvgIpc) is 2.81. The van der Waals surface area contributed by atoms with E-state index in [4.69, 9.17) is 26.8 Å². The van der Waals surface area contributed by atoms with Gasteiger partial charge in [0.05, 0.1) is 30.3 Å². The lowest BCUT2D eigenvalue weighted by Crippen LogP contribution is -2.44. The van der Waals surface area contributed by atoms with Crippen LogP contribution in [-0.2, 0) is 4.79 Å². The molecule has 1 fully saturated rings. The summed E-state index contributed by atoms with van der Waals surface area (Å²) < 4.78 is 10.4. The van der Waals surface area contributed by atoms with Crippen LogP contribution in [0.15, 0.2) is 12.1 Å². The first-order chi connectivity index (χ1) is 9.92. The van der Waals surface area contributed by atoms with Gasteiger partial charge < -0.3 is 20.5 Å². The first-order valence-corrected chi connectivity index (χ1v) is 7.28. The lowest BCUT2D eigenvalue weighted by atomic mass is 9.84. The van der Waals surface area contributed by atoms with Crippen molar-refractivity contribution in [3.8, 4) is 11.5 Å². The molecule has 0 spiro atoms. The van der Waals surface area contributed by atoms with Crippen molar-refractivity contribution < 1.29 is 14.3 Å². The summed E-state index contributed by atoms with van der Waals surface area (Å²) in [4.78, 5) is 12.5. The zero-order valence-electron chi connectivity index (χ0n) is 12.5. The maximum atomic E-state index is 12.5. The highest BCUT2D eigenvalue weighted by Gasteiger charge is 2.43. The van der Waals surface area contributed by atoms with Gasteiger partial charge in [-0.25, -0.2) is 0 Å². The van der Waals surface area contributed by atoms with Crippen molar-refractivity contribution in [1.82, 2.24) is 0 Å². The number of methoxy groups -OCH3 is 2. The zero-order chi connectivity index (χ0) is 15.6. The normalized spacial score (nSPS) is 24.7. The number of nitrogens with two attached hydrogens (primary N) is 1. The Labute approximate surface area is 129 Å². The summed E-state index contributed by atoms with van der Waals surface area (Å²) in [6.45, 7) is 1.90. The van der Waals surface area contributed by atoms with Crippen molar-refractivity contribution >= 4 is 23.2 Å². The van der Waals surface area contributed by atoms with Gasteiger partial charge in [0, 0.05) is 18.2 Å². The third kappa shape index (κ3) is 2.94. The van der Waals surface area contributed by atoms with Gasteiger partial charge in [0.15, 0.2) is 11.5 Å². The van der Waals surface area contributed by atoms with E-state index < -0.39 is 5.41 Å². The Hall–Kier alpha value is -1.46. The number of hydrogen-bond acceptors (Lipinski definition) is 4. The van der Waals surface area contributed by atoms with Crippen LogP contribution < -0.4 is 20.5 Å². The molecule has 1 amide bonds. The van der Waals surface area contributed by atoms with Gasteiger partial charge in [-0.1, -0.05) is 18.0 Å². The van der Waals surface area contributed by atoms with E-state index in [1.807, 2.05) is 6.92 Å². The van der Waals surface area contributed by atoms with E-state index in [2.05, 4.69) is 5.32 Å². The minimum absolute atomic E-state index is 0.110. The van der Waals surface area contributed by atoms with Crippen LogP contribution in [0, 0.1) is 5.41 Å². The fraction of sp³-hybridized carbons (Fsp3) is 0.533. The second kappa shape index (κ2) is 6.12. The molecule has 0 aromatic heterocycles. The van der Waals surface area contributed by atoms with Crippen LogP contribution in [0.1, 0.15) is 26.2 Å². The van der Waals surface area contributed by atoms with E-state index in [1.54, 1.807) is 12.1 Å². The Kier molecular flexibility index (Phi) is 4.64. The Bertz CT molecular complexity index is 550. The molecule has 0 radical (unpaired) electrons. The number of nitrogens with one attached hydrogen (secondary N) is 1. The summed E-state index contributed by atoms with van der Waals surface area (Å²) >= 11 is 6.19. The standard InChI is InChI=1S/C15H21ClN2O3/c1-15(6-4-5-13(15)17)14(19)18-10-8-12(21-3)11(20-2)7-9(10)16/h7-8,13H,4-6,17H2,1-3H3,(H,18,19). The number of benzene rings is 1. The van der Waals surface area contributed by atoms with Gasteiger partial charge in [-0.15, -0.1) is 0 Å². The minimum Gasteiger partial charge on any atom is -0.493 e. The lowest BCUT2D eigenvalue weighted by Gasteiger charge is -2.27. The second-order valence-corrected chi connectivity index (χ2v) is 5.96. The summed E-state index contributed by atoms with van der Waals surface area (Å²) in [6.07, 6.45) is 2.61. The molecule has 1 aliphatic carbocycles. The topological polar surface area (TPSA) is 73.6 Å². The first-order valence-electron chi connectivity index (χ1n) is 6.91. The molecule has 116 valence electrons. The largest absolute Gasteiger partial charge is 0.493 e. The quantitative estimate of drug-likeness (QED) is 0.896. The van der Waals surface area contributed by atoms with E-state index in [1.165, 1.54) is 14.2 Å². The maximum Gasteiger partial charge on any atom is 0.231 e. The van der Waals surface area contributed by atoms with Gasteiger partial charge in [0.1, 0.15) is 0 Å². The summed E-state index contributed by atoms with van der Waals surface area (Å²) in [5.74, 6) is 0.920.